The van der Waals surface area contributed by atoms with Gasteiger partial charge in [0.15, 0.2) is 0 Å². The summed E-state index contributed by atoms with van der Waals surface area (Å²) in [4.78, 5) is 2.37. The van der Waals surface area contributed by atoms with Crippen molar-refractivity contribution in [3.63, 3.8) is 0 Å². The zero-order valence-corrected chi connectivity index (χ0v) is 38.7. The van der Waals surface area contributed by atoms with E-state index in [0.717, 1.165) is 34.4 Å². The van der Waals surface area contributed by atoms with Gasteiger partial charge < -0.3 is 14.0 Å². The highest BCUT2D eigenvalue weighted by Gasteiger charge is 2.36. The molecule has 0 aliphatic heterocycles. The van der Waals surface area contributed by atoms with Gasteiger partial charge in [-0.2, -0.15) is 0 Å². The Labute approximate surface area is 408 Å². The molecule has 2 aromatic heterocycles. The molecule has 2 heterocycles. The first-order valence-electron chi connectivity index (χ1n) is 24.8. The lowest BCUT2D eigenvalue weighted by Gasteiger charge is -2.26. The van der Waals surface area contributed by atoms with Gasteiger partial charge >= 0.3 is 0 Å². The first-order chi connectivity index (χ1) is 34.7. The largest absolute Gasteiger partial charge is 0.311 e. The van der Waals surface area contributed by atoms with Crippen molar-refractivity contribution in [3.8, 4) is 44.8 Å². The van der Waals surface area contributed by atoms with Crippen LogP contribution < -0.4 is 4.90 Å². The third-order valence-corrected chi connectivity index (χ3v) is 15.4. The van der Waals surface area contributed by atoms with Crippen LogP contribution in [0, 0.1) is 11.8 Å². The molecule has 1 saturated carbocycles. The Morgan fingerprint density at radius 3 is 0.929 bits per heavy atom. The second-order valence-electron chi connectivity index (χ2n) is 19.3. The number of hydrogen-bond acceptors (Lipinski definition) is 1. The fourth-order valence-corrected chi connectivity index (χ4v) is 12.0. The molecule has 3 heteroatoms. The van der Waals surface area contributed by atoms with E-state index >= 15 is 0 Å². The van der Waals surface area contributed by atoms with Crippen LogP contribution in [0.4, 0.5) is 17.1 Å². The highest BCUT2D eigenvalue weighted by atomic mass is 15.1. The number of rotatable bonds is 9. The molecule has 2 bridgehead atoms. The molecule has 3 atom stereocenters. The molecule has 0 N–H and O–H groups in total. The van der Waals surface area contributed by atoms with Crippen LogP contribution in [0.3, 0.4) is 0 Å². The van der Waals surface area contributed by atoms with Crippen molar-refractivity contribution in [2.75, 3.05) is 4.90 Å². The maximum absolute atomic E-state index is 2.45. The summed E-state index contributed by atoms with van der Waals surface area (Å²) >= 11 is 0. The first kappa shape index (κ1) is 40.4. The van der Waals surface area contributed by atoms with E-state index in [-0.39, 0.29) is 0 Å². The fraction of sp³-hybridized carbons (Fsp3) is 0.0746. The quantitative estimate of drug-likeness (QED) is 0.132. The third-order valence-electron chi connectivity index (χ3n) is 15.4. The number of aromatic nitrogens is 2. The SMILES string of the molecule is C1=CC2CC1CC2c1ccc(-c2ccc(N(c3ccc(-c4ccc(-n5c6ccccc6c6ccccc65)cc4)cc3)c3ccc(-c4ccc(-n5c6ccccc6c6ccccc65)cc4)cc3)cc2)cc1. The van der Waals surface area contributed by atoms with E-state index in [4.69, 9.17) is 0 Å². The number of anilines is 3. The Morgan fingerprint density at radius 2 is 0.614 bits per heavy atom. The van der Waals surface area contributed by atoms with Crippen molar-refractivity contribution in [2.24, 2.45) is 11.8 Å². The van der Waals surface area contributed by atoms with Gasteiger partial charge in [0.25, 0.3) is 0 Å². The maximum atomic E-state index is 2.45. The van der Waals surface area contributed by atoms with Crippen LogP contribution in [0.5, 0.6) is 0 Å². The molecule has 70 heavy (non-hydrogen) atoms. The maximum Gasteiger partial charge on any atom is 0.0541 e. The van der Waals surface area contributed by atoms with Crippen LogP contribution in [-0.2, 0) is 0 Å². The monoisotopic (exact) mass is 895 g/mol. The average molecular weight is 896 g/mol. The van der Waals surface area contributed by atoms with Crippen molar-refractivity contribution in [1.82, 2.24) is 9.13 Å². The average Bonchev–Trinajstić information content (AvgIpc) is 4.23. The fourth-order valence-electron chi connectivity index (χ4n) is 12.0. The molecule has 332 valence electrons. The highest BCUT2D eigenvalue weighted by molar-refractivity contribution is 6.10. The second-order valence-corrected chi connectivity index (χ2v) is 19.3. The molecule has 1 fully saturated rings. The van der Waals surface area contributed by atoms with Crippen LogP contribution in [0.15, 0.2) is 255 Å². The van der Waals surface area contributed by atoms with E-state index in [1.54, 1.807) is 0 Å². The van der Waals surface area contributed by atoms with Crippen molar-refractivity contribution >= 4 is 60.7 Å². The van der Waals surface area contributed by atoms with Crippen LogP contribution in [-0.4, -0.2) is 9.13 Å². The van der Waals surface area contributed by atoms with Gasteiger partial charge in [-0.25, -0.2) is 0 Å². The number of para-hydroxylation sites is 4. The number of fused-ring (bicyclic) bond motifs is 8. The molecule has 3 unspecified atom stereocenters. The molecule has 3 nitrogen and oxygen atoms in total. The van der Waals surface area contributed by atoms with Crippen molar-refractivity contribution in [2.45, 2.75) is 18.8 Å². The summed E-state index contributed by atoms with van der Waals surface area (Å²) in [6.45, 7) is 0. The molecule has 10 aromatic carbocycles. The molecule has 2 aliphatic carbocycles. The van der Waals surface area contributed by atoms with Gasteiger partial charge in [-0.05, 0) is 154 Å². The van der Waals surface area contributed by atoms with Gasteiger partial charge in [0.2, 0.25) is 0 Å². The molecular weight excluding hydrogens is 847 g/mol. The van der Waals surface area contributed by atoms with Gasteiger partial charge in [0, 0.05) is 50.0 Å². The van der Waals surface area contributed by atoms with Gasteiger partial charge in [-0.15, -0.1) is 0 Å². The Balaban J connectivity index is 0.778. The van der Waals surface area contributed by atoms with Gasteiger partial charge in [0.1, 0.15) is 0 Å². The minimum Gasteiger partial charge on any atom is -0.311 e. The van der Waals surface area contributed by atoms with Gasteiger partial charge in [0.05, 0.1) is 22.1 Å². The van der Waals surface area contributed by atoms with Crippen molar-refractivity contribution in [3.05, 3.63) is 260 Å². The van der Waals surface area contributed by atoms with Gasteiger partial charge in [-0.3, -0.25) is 0 Å². The normalized spacial score (nSPS) is 16.3. The minimum absolute atomic E-state index is 0.661. The zero-order valence-electron chi connectivity index (χ0n) is 38.7. The van der Waals surface area contributed by atoms with Gasteiger partial charge in [-0.1, -0.05) is 170 Å². The van der Waals surface area contributed by atoms with Crippen LogP contribution in [0.1, 0.15) is 24.3 Å². The molecule has 0 radical (unpaired) electrons. The molecule has 2 aliphatic rings. The summed E-state index contributed by atoms with van der Waals surface area (Å²) < 4.78 is 4.75. The molecule has 12 aromatic rings. The topological polar surface area (TPSA) is 13.1 Å². The Kier molecular flexibility index (Phi) is 9.55. The lowest BCUT2D eigenvalue weighted by atomic mass is 9.86. The van der Waals surface area contributed by atoms with Crippen LogP contribution >= 0.6 is 0 Å². The lowest BCUT2D eigenvalue weighted by molar-refractivity contribution is 0.586. The van der Waals surface area contributed by atoms with E-state index in [0.29, 0.717) is 11.8 Å². The number of benzene rings is 10. The predicted molar refractivity (Wildman–Crippen MR) is 294 cm³/mol. The Morgan fingerprint density at radius 1 is 0.300 bits per heavy atom. The molecule has 0 saturated heterocycles. The van der Waals surface area contributed by atoms with E-state index < -0.39 is 0 Å². The van der Waals surface area contributed by atoms with E-state index in [9.17, 15) is 0 Å². The molecule has 14 rings (SSSR count). The Bertz CT molecular complexity index is 3600. The second kappa shape index (κ2) is 16.5. The molecule has 0 amide bonds. The smallest absolute Gasteiger partial charge is 0.0541 e. The van der Waals surface area contributed by atoms with Crippen LogP contribution in [0.2, 0.25) is 0 Å². The summed E-state index contributed by atoms with van der Waals surface area (Å²) in [5, 5.41) is 5.09. The minimum atomic E-state index is 0.661. The van der Waals surface area contributed by atoms with Crippen molar-refractivity contribution < 1.29 is 0 Å². The van der Waals surface area contributed by atoms with Crippen molar-refractivity contribution in [1.29, 1.82) is 0 Å². The highest BCUT2D eigenvalue weighted by Crippen LogP contribution is 2.49. The Hall–Kier alpha value is -8.66. The standard InChI is InChI=1S/C67H49N3/c1-5-13-64-59(9-1)60-10-2-6-14-65(60)69(64)57-39-29-50(30-40-57)48-25-35-55(36-26-48)68(54-33-23-47(24-34-54)46-19-21-52(22-20-46)63-44-45-17-18-53(63)43-45)56-37-27-49(28-38-56)51-31-41-58(42-32-51)70-66-15-7-3-11-61(66)62-12-4-8-16-67(62)70/h1-42,45,53,63H,43-44H2. The number of hydrogen-bond donors (Lipinski definition) is 0. The van der Waals surface area contributed by atoms with E-state index in [1.165, 1.54) is 95.4 Å². The van der Waals surface area contributed by atoms with E-state index in [1.807, 2.05) is 0 Å². The summed E-state index contributed by atoms with van der Waals surface area (Å²) in [5.74, 6) is 2.14. The first-order valence-corrected chi connectivity index (χ1v) is 24.8. The zero-order chi connectivity index (χ0) is 46.1. The number of allylic oxidation sites excluding steroid dienone is 2. The van der Waals surface area contributed by atoms with Crippen LogP contribution in [0.25, 0.3) is 88.4 Å². The summed E-state index contributed by atoms with van der Waals surface area (Å²) in [6, 6.07) is 89.3. The number of nitrogens with zero attached hydrogens (tertiary/aromatic N) is 3. The summed E-state index contributed by atoms with van der Waals surface area (Å²) in [6.07, 6.45) is 7.50. The summed E-state index contributed by atoms with van der Waals surface area (Å²) in [7, 11) is 0. The third kappa shape index (κ3) is 6.80. The predicted octanol–water partition coefficient (Wildman–Crippen LogP) is 18.0. The molecular formula is C67H49N3. The molecule has 0 spiro atoms. The lowest BCUT2D eigenvalue weighted by Crippen LogP contribution is -2.09. The van der Waals surface area contributed by atoms with E-state index in [2.05, 4.69) is 269 Å². The summed E-state index contributed by atoms with van der Waals surface area (Å²) in [5.41, 5.74) is 19.2.